The van der Waals surface area contributed by atoms with Gasteiger partial charge in [0.1, 0.15) is 12.7 Å². The lowest BCUT2D eigenvalue weighted by atomic mass is 10.1. The molecule has 0 bridgehead atoms. The van der Waals surface area contributed by atoms with Gasteiger partial charge >= 0.3 is 0 Å². The lowest BCUT2D eigenvalue weighted by Gasteiger charge is -2.27. The minimum absolute atomic E-state index is 0. The molecule has 3 rings (SSSR count). The van der Waals surface area contributed by atoms with Gasteiger partial charge in [0.05, 0.1) is 13.2 Å². The van der Waals surface area contributed by atoms with Crippen LogP contribution in [-0.2, 0) is 4.74 Å². The smallest absolute Gasteiger partial charge is 0.191 e. The molecule has 2 N–H and O–H groups in total. The van der Waals surface area contributed by atoms with E-state index in [1.807, 2.05) is 24.3 Å². The number of nitrogens with one attached hydrogen (secondary N) is 2. The Kier molecular flexibility index (Phi) is 7.22. The van der Waals surface area contributed by atoms with Crippen molar-refractivity contribution in [2.75, 3.05) is 40.0 Å². The highest BCUT2D eigenvalue weighted by Gasteiger charge is 2.21. The van der Waals surface area contributed by atoms with Gasteiger partial charge < -0.3 is 24.8 Å². The number of benzene rings is 1. The molecule has 1 aromatic carbocycles. The predicted molar refractivity (Wildman–Crippen MR) is 100 cm³/mol. The summed E-state index contributed by atoms with van der Waals surface area (Å²) < 4.78 is 17.0. The summed E-state index contributed by atoms with van der Waals surface area (Å²) in [6.07, 6.45) is 1.09. The zero-order valence-corrected chi connectivity index (χ0v) is 15.6. The number of para-hydroxylation sites is 2. The fourth-order valence-corrected chi connectivity index (χ4v) is 2.58. The van der Waals surface area contributed by atoms with E-state index in [9.17, 15) is 0 Å². The van der Waals surface area contributed by atoms with Crippen molar-refractivity contribution in [1.29, 1.82) is 0 Å². The van der Waals surface area contributed by atoms with Crippen LogP contribution < -0.4 is 20.1 Å². The van der Waals surface area contributed by atoms with Gasteiger partial charge in [-0.15, -0.1) is 24.0 Å². The third kappa shape index (κ3) is 5.13. The summed E-state index contributed by atoms with van der Waals surface area (Å²) in [7, 11) is 1.77. The first-order valence-corrected chi connectivity index (χ1v) is 7.76. The van der Waals surface area contributed by atoms with Gasteiger partial charge in [-0.25, -0.2) is 0 Å². The molecule has 6 nitrogen and oxygen atoms in total. The van der Waals surface area contributed by atoms with Crippen molar-refractivity contribution in [3.05, 3.63) is 24.3 Å². The van der Waals surface area contributed by atoms with E-state index in [4.69, 9.17) is 14.2 Å². The maximum atomic E-state index is 5.91. The Labute approximate surface area is 154 Å². The van der Waals surface area contributed by atoms with Crippen molar-refractivity contribution in [2.24, 2.45) is 10.9 Å². The highest BCUT2D eigenvalue weighted by Crippen LogP contribution is 2.30. The second-order valence-corrected chi connectivity index (χ2v) is 5.56. The molecule has 0 aliphatic carbocycles. The monoisotopic (exact) mass is 433 g/mol. The Hall–Kier alpha value is -1.22. The maximum absolute atomic E-state index is 5.91. The molecule has 0 saturated carbocycles. The van der Waals surface area contributed by atoms with Crippen molar-refractivity contribution >= 4 is 29.9 Å². The Morgan fingerprint density at radius 3 is 2.70 bits per heavy atom. The number of fused-ring (bicyclic) bond motifs is 1. The van der Waals surface area contributed by atoms with Gasteiger partial charge in [-0.3, -0.25) is 4.99 Å². The average molecular weight is 433 g/mol. The number of hydrogen-bond acceptors (Lipinski definition) is 4. The zero-order chi connectivity index (χ0) is 15.2. The van der Waals surface area contributed by atoms with E-state index in [1.54, 1.807) is 7.05 Å². The largest absolute Gasteiger partial charge is 0.486 e. The predicted octanol–water partition coefficient (Wildman–Crippen LogP) is 1.65. The molecule has 23 heavy (non-hydrogen) atoms. The van der Waals surface area contributed by atoms with E-state index in [-0.39, 0.29) is 30.1 Å². The molecule has 128 valence electrons. The van der Waals surface area contributed by atoms with Crippen LogP contribution in [0.1, 0.15) is 6.42 Å². The second kappa shape index (κ2) is 9.17. The van der Waals surface area contributed by atoms with E-state index in [2.05, 4.69) is 15.6 Å². The number of guanidine groups is 1. The fraction of sp³-hybridized carbons (Fsp3) is 0.562. The first kappa shape index (κ1) is 18.1. The molecule has 1 saturated heterocycles. The molecule has 2 heterocycles. The maximum Gasteiger partial charge on any atom is 0.191 e. The zero-order valence-electron chi connectivity index (χ0n) is 13.3. The van der Waals surface area contributed by atoms with Crippen molar-refractivity contribution in [3.63, 3.8) is 0 Å². The van der Waals surface area contributed by atoms with Gasteiger partial charge in [0.2, 0.25) is 0 Å². The van der Waals surface area contributed by atoms with Crippen LogP contribution in [0, 0.1) is 5.92 Å². The third-order valence-electron chi connectivity index (χ3n) is 3.87. The number of aliphatic imine (C=N–C) groups is 1. The van der Waals surface area contributed by atoms with E-state index in [0.717, 1.165) is 43.6 Å². The molecule has 0 radical (unpaired) electrons. The molecule has 2 aliphatic heterocycles. The van der Waals surface area contributed by atoms with Gasteiger partial charge in [0.15, 0.2) is 17.5 Å². The minimum Gasteiger partial charge on any atom is -0.486 e. The van der Waals surface area contributed by atoms with Crippen molar-refractivity contribution < 1.29 is 14.2 Å². The molecule has 2 atom stereocenters. The van der Waals surface area contributed by atoms with Crippen molar-refractivity contribution in [3.8, 4) is 11.5 Å². The normalized spacial score (nSPS) is 23.1. The van der Waals surface area contributed by atoms with E-state index < -0.39 is 0 Å². The Morgan fingerprint density at radius 2 is 1.96 bits per heavy atom. The fourth-order valence-electron chi connectivity index (χ4n) is 2.58. The number of hydrogen-bond donors (Lipinski definition) is 2. The quantitative estimate of drug-likeness (QED) is 0.430. The van der Waals surface area contributed by atoms with Crippen LogP contribution in [0.15, 0.2) is 29.3 Å². The molecule has 2 aliphatic rings. The molecule has 2 unspecified atom stereocenters. The number of nitrogens with zero attached hydrogens (tertiary/aromatic N) is 1. The topological polar surface area (TPSA) is 64.1 Å². The van der Waals surface area contributed by atoms with Crippen LogP contribution >= 0.6 is 24.0 Å². The highest BCUT2D eigenvalue weighted by molar-refractivity contribution is 14.0. The Morgan fingerprint density at radius 1 is 1.17 bits per heavy atom. The van der Waals surface area contributed by atoms with Crippen molar-refractivity contribution in [1.82, 2.24) is 10.6 Å². The summed E-state index contributed by atoms with van der Waals surface area (Å²) in [6, 6.07) is 7.74. The molecule has 7 heteroatoms. The average Bonchev–Trinajstić information content (AvgIpc) is 3.08. The molecule has 1 fully saturated rings. The van der Waals surface area contributed by atoms with Crippen LogP contribution in [0.2, 0.25) is 0 Å². The Bertz CT molecular complexity index is 521. The van der Waals surface area contributed by atoms with Crippen LogP contribution in [0.5, 0.6) is 11.5 Å². The van der Waals surface area contributed by atoms with E-state index >= 15 is 0 Å². The van der Waals surface area contributed by atoms with Gasteiger partial charge in [0, 0.05) is 26.1 Å². The SMILES string of the molecule is CN=C(NCC1CCOC1)NCC1COc2ccccc2O1.I. The van der Waals surface area contributed by atoms with Crippen LogP contribution in [0.4, 0.5) is 0 Å². The summed E-state index contributed by atoms with van der Waals surface area (Å²) in [4.78, 5) is 4.23. The summed E-state index contributed by atoms with van der Waals surface area (Å²) >= 11 is 0. The molecule has 0 aromatic heterocycles. The number of halogens is 1. The highest BCUT2D eigenvalue weighted by atomic mass is 127. The lowest BCUT2D eigenvalue weighted by Crippen LogP contribution is -2.46. The standard InChI is InChI=1S/C16H23N3O3.HI/c1-17-16(18-8-12-6-7-20-10-12)19-9-13-11-21-14-4-2-3-5-15(14)22-13;/h2-5,12-13H,6-11H2,1H3,(H2,17,18,19);1H. The molecule has 0 amide bonds. The summed E-state index contributed by atoms with van der Waals surface area (Å²) in [5, 5.41) is 6.62. The Balaban J connectivity index is 0.00000192. The minimum atomic E-state index is -0.0248. The second-order valence-electron chi connectivity index (χ2n) is 5.56. The lowest BCUT2D eigenvalue weighted by molar-refractivity contribution is 0.0936. The van der Waals surface area contributed by atoms with Crippen LogP contribution in [0.25, 0.3) is 0 Å². The van der Waals surface area contributed by atoms with Crippen LogP contribution in [0.3, 0.4) is 0 Å². The molecule has 0 spiro atoms. The van der Waals surface area contributed by atoms with E-state index in [1.165, 1.54) is 0 Å². The van der Waals surface area contributed by atoms with Crippen LogP contribution in [-0.4, -0.2) is 52.0 Å². The summed E-state index contributed by atoms with van der Waals surface area (Å²) in [5.74, 6) is 2.96. The summed E-state index contributed by atoms with van der Waals surface area (Å²) in [6.45, 7) is 3.77. The first-order valence-electron chi connectivity index (χ1n) is 7.76. The molecular formula is C16H24IN3O3. The first-order chi connectivity index (χ1) is 10.8. The molecular weight excluding hydrogens is 409 g/mol. The summed E-state index contributed by atoms with van der Waals surface area (Å²) in [5.41, 5.74) is 0. The van der Waals surface area contributed by atoms with Gasteiger partial charge in [-0.05, 0) is 18.6 Å². The van der Waals surface area contributed by atoms with Gasteiger partial charge in [-0.1, -0.05) is 12.1 Å². The third-order valence-corrected chi connectivity index (χ3v) is 3.87. The van der Waals surface area contributed by atoms with Crippen molar-refractivity contribution in [2.45, 2.75) is 12.5 Å². The van der Waals surface area contributed by atoms with Gasteiger partial charge in [-0.2, -0.15) is 0 Å². The molecule has 1 aromatic rings. The van der Waals surface area contributed by atoms with Gasteiger partial charge in [0.25, 0.3) is 0 Å². The number of ether oxygens (including phenoxy) is 3. The van der Waals surface area contributed by atoms with E-state index in [0.29, 0.717) is 19.1 Å². The number of rotatable bonds is 4.